The summed E-state index contributed by atoms with van der Waals surface area (Å²) in [6.45, 7) is 3.31. The van der Waals surface area contributed by atoms with Gasteiger partial charge in [0.25, 0.3) is 5.91 Å². The second kappa shape index (κ2) is 7.74. The molecule has 0 saturated carbocycles. The van der Waals surface area contributed by atoms with Gasteiger partial charge in [-0.25, -0.2) is 8.42 Å². The molecular weight excluding hydrogens is 366 g/mol. The zero-order valence-electron chi connectivity index (χ0n) is 13.7. The third-order valence-corrected chi connectivity index (χ3v) is 8.39. The van der Waals surface area contributed by atoms with Crippen molar-refractivity contribution in [1.29, 1.82) is 0 Å². The summed E-state index contributed by atoms with van der Waals surface area (Å²) in [6, 6.07) is 1.58. The Morgan fingerprint density at radius 2 is 2.08 bits per heavy atom. The largest absolute Gasteiger partial charge is 0.338 e. The number of likely N-dealkylation sites (tertiary alicyclic amines) is 1. The first kappa shape index (κ1) is 18.2. The molecule has 24 heavy (non-hydrogen) atoms. The Kier molecular flexibility index (Phi) is 5.86. The molecule has 3 rings (SSSR count). The molecule has 134 valence electrons. The number of carbonyl (C=O) groups is 1. The topological polar surface area (TPSA) is 69.7 Å². The second-order valence-electron chi connectivity index (χ2n) is 6.09. The van der Waals surface area contributed by atoms with Gasteiger partial charge in [-0.2, -0.15) is 16.1 Å². The predicted molar refractivity (Wildman–Crippen MR) is 98.3 cm³/mol. The van der Waals surface area contributed by atoms with E-state index in [1.807, 2.05) is 7.05 Å². The molecular formula is C15H23N3O3S3. The zero-order chi connectivity index (χ0) is 17.2. The van der Waals surface area contributed by atoms with Gasteiger partial charge in [0.15, 0.2) is 0 Å². The number of nitrogens with one attached hydrogen (secondary N) is 1. The molecule has 0 radical (unpaired) electrons. The molecule has 2 saturated heterocycles. The third kappa shape index (κ3) is 3.65. The van der Waals surface area contributed by atoms with Crippen LogP contribution < -0.4 is 5.32 Å². The van der Waals surface area contributed by atoms with E-state index in [0.29, 0.717) is 37.0 Å². The van der Waals surface area contributed by atoms with E-state index in [1.54, 1.807) is 28.1 Å². The number of hydrogen-bond acceptors (Lipinski definition) is 6. The third-order valence-electron chi connectivity index (χ3n) is 4.48. The summed E-state index contributed by atoms with van der Waals surface area (Å²) in [4.78, 5) is 15.2. The molecule has 1 aromatic heterocycles. The number of thioether (sulfide) groups is 1. The van der Waals surface area contributed by atoms with Gasteiger partial charge in [0.1, 0.15) is 9.77 Å². The Morgan fingerprint density at radius 3 is 2.79 bits per heavy atom. The van der Waals surface area contributed by atoms with Gasteiger partial charge in [-0.05, 0) is 37.4 Å². The molecule has 0 aliphatic carbocycles. The van der Waals surface area contributed by atoms with E-state index in [1.165, 1.54) is 15.6 Å². The summed E-state index contributed by atoms with van der Waals surface area (Å²) in [7, 11) is -1.67. The standard InChI is InChI=1S/C15H23N3O3S3/c1-16-10-12-2-4-17(11-12)15(19)14-13(3-7-23-14)24(20,21)18-5-8-22-9-6-18/h3,7,12,16H,2,4-6,8-11H2,1H3. The highest BCUT2D eigenvalue weighted by atomic mass is 32.2. The maximum Gasteiger partial charge on any atom is 0.265 e. The van der Waals surface area contributed by atoms with Crippen molar-refractivity contribution in [2.45, 2.75) is 11.3 Å². The van der Waals surface area contributed by atoms with Gasteiger partial charge in [0.2, 0.25) is 10.0 Å². The van der Waals surface area contributed by atoms with Crippen LogP contribution in [0.3, 0.4) is 0 Å². The molecule has 6 nitrogen and oxygen atoms in total. The fourth-order valence-electron chi connectivity index (χ4n) is 3.20. The summed E-state index contributed by atoms with van der Waals surface area (Å²) in [5, 5.41) is 4.85. The Balaban J connectivity index is 1.79. The summed E-state index contributed by atoms with van der Waals surface area (Å²) in [6.07, 6.45) is 0.962. The number of sulfonamides is 1. The van der Waals surface area contributed by atoms with Crippen molar-refractivity contribution in [2.75, 3.05) is 51.3 Å². The minimum absolute atomic E-state index is 0.145. The molecule has 1 atom stereocenters. The van der Waals surface area contributed by atoms with E-state index in [0.717, 1.165) is 24.5 Å². The number of nitrogens with zero attached hydrogens (tertiary/aromatic N) is 2. The number of thiophene rings is 1. The molecule has 0 bridgehead atoms. The van der Waals surface area contributed by atoms with Crippen molar-refractivity contribution in [3.05, 3.63) is 16.3 Å². The molecule has 2 fully saturated rings. The summed E-state index contributed by atoms with van der Waals surface area (Å²) < 4.78 is 27.3. The van der Waals surface area contributed by atoms with Crippen molar-refractivity contribution < 1.29 is 13.2 Å². The lowest BCUT2D eigenvalue weighted by Gasteiger charge is -2.26. The molecule has 1 N–H and O–H groups in total. The normalized spacial score (nSPS) is 22.9. The highest BCUT2D eigenvalue weighted by molar-refractivity contribution is 7.99. The van der Waals surface area contributed by atoms with Crippen LogP contribution >= 0.6 is 23.1 Å². The van der Waals surface area contributed by atoms with E-state index in [-0.39, 0.29) is 10.8 Å². The average Bonchev–Trinajstić information content (AvgIpc) is 3.25. The van der Waals surface area contributed by atoms with Crippen molar-refractivity contribution in [1.82, 2.24) is 14.5 Å². The van der Waals surface area contributed by atoms with Gasteiger partial charge in [0, 0.05) is 37.7 Å². The Bertz CT molecular complexity index is 683. The minimum atomic E-state index is -3.58. The van der Waals surface area contributed by atoms with Crippen molar-refractivity contribution in [3.63, 3.8) is 0 Å². The number of rotatable bonds is 5. The fraction of sp³-hybridized carbons (Fsp3) is 0.667. The van der Waals surface area contributed by atoms with Crippen LogP contribution in [0.5, 0.6) is 0 Å². The van der Waals surface area contributed by atoms with Gasteiger partial charge < -0.3 is 10.2 Å². The smallest absolute Gasteiger partial charge is 0.265 e. The van der Waals surface area contributed by atoms with Crippen LogP contribution in [0.25, 0.3) is 0 Å². The van der Waals surface area contributed by atoms with Crippen LogP contribution in [0.4, 0.5) is 0 Å². The molecule has 0 spiro atoms. The lowest BCUT2D eigenvalue weighted by atomic mass is 10.1. The Labute approximate surface area is 151 Å². The van der Waals surface area contributed by atoms with Crippen LogP contribution in [0.15, 0.2) is 16.3 Å². The van der Waals surface area contributed by atoms with Gasteiger partial charge in [-0.1, -0.05) is 0 Å². The van der Waals surface area contributed by atoms with Gasteiger partial charge >= 0.3 is 0 Å². The maximum absolute atomic E-state index is 12.9. The van der Waals surface area contributed by atoms with Crippen LogP contribution in [0.1, 0.15) is 16.1 Å². The first-order chi connectivity index (χ1) is 11.5. The SMILES string of the molecule is CNCC1CCN(C(=O)c2sccc2S(=O)(=O)N2CCSCC2)C1. The number of carbonyl (C=O) groups excluding carboxylic acids is 1. The summed E-state index contributed by atoms with van der Waals surface area (Å²) in [5.41, 5.74) is 0. The number of amides is 1. The van der Waals surface area contributed by atoms with Crippen LogP contribution in [-0.2, 0) is 10.0 Å². The second-order valence-corrected chi connectivity index (χ2v) is 10.1. The van der Waals surface area contributed by atoms with Crippen LogP contribution in [-0.4, -0.2) is 74.8 Å². The van der Waals surface area contributed by atoms with E-state index >= 15 is 0 Å². The summed E-state index contributed by atoms with van der Waals surface area (Å²) in [5.74, 6) is 1.92. The molecule has 9 heteroatoms. The van der Waals surface area contributed by atoms with Gasteiger partial charge in [-0.3, -0.25) is 4.79 Å². The highest BCUT2D eigenvalue weighted by Crippen LogP contribution is 2.29. The molecule has 1 unspecified atom stereocenters. The quantitative estimate of drug-likeness (QED) is 0.819. The first-order valence-electron chi connectivity index (χ1n) is 8.13. The molecule has 3 heterocycles. The van der Waals surface area contributed by atoms with E-state index in [2.05, 4.69) is 5.32 Å². The molecule has 1 amide bonds. The average molecular weight is 390 g/mol. The lowest BCUT2D eigenvalue weighted by molar-refractivity contribution is 0.0788. The van der Waals surface area contributed by atoms with E-state index in [4.69, 9.17) is 0 Å². The molecule has 1 aromatic rings. The zero-order valence-corrected chi connectivity index (χ0v) is 16.2. The van der Waals surface area contributed by atoms with Crippen LogP contribution in [0, 0.1) is 5.92 Å². The van der Waals surface area contributed by atoms with Crippen molar-refractivity contribution in [3.8, 4) is 0 Å². The van der Waals surface area contributed by atoms with Crippen molar-refractivity contribution >= 4 is 39.0 Å². The van der Waals surface area contributed by atoms with Crippen molar-refractivity contribution in [2.24, 2.45) is 5.92 Å². The Morgan fingerprint density at radius 1 is 1.33 bits per heavy atom. The Hall–Kier alpha value is -0.610. The fourth-order valence-corrected chi connectivity index (χ4v) is 7.14. The molecule has 0 aromatic carbocycles. The number of hydrogen-bond donors (Lipinski definition) is 1. The van der Waals surface area contributed by atoms with Crippen LogP contribution in [0.2, 0.25) is 0 Å². The highest BCUT2D eigenvalue weighted by Gasteiger charge is 2.34. The van der Waals surface area contributed by atoms with E-state index in [9.17, 15) is 13.2 Å². The molecule has 2 aliphatic rings. The van der Waals surface area contributed by atoms with Gasteiger partial charge in [-0.15, -0.1) is 11.3 Å². The molecule has 2 aliphatic heterocycles. The van der Waals surface area contributed by atoms with Gasteiger partial charge in [0.05, 0.1) is 0 Å². The first-order valence-corrected chi connectivity index (χ1v) is 11.6. The lowest BCUT2D eigenvalue weighted by Crippen LogP contribution is -2.38. The maximum atomic E-state index is 12.9. The minimum Gasteiger partial charge on any atom is -0.338 e. The predicted octanol–water partition coefficient (Wildman–Crippen LogP) is 1.17. The monoisotopic (exact) mass is 389 g/mol. The summed E-state index contributed by atoms with van der Waals surface area (Å²) >= 11 is 3.00. The van der Waals surface area contributed by atoms with E-state index < -0.39 is 10.0 Å².